The minimum atomic E-state index is -0.975. The van der Waals surface area contributed by atoms with Crippen molar-refractivity contribution in [1.82, 2.24) is 9.78 Å². The van der Waals surface area contributed by atoms with E-state index >= 15 is 0 Å². The van der Waals surface area contributed by atoms with Crippen LogP contribution in [0.25, 0.3) is 0 Å². The van der Waals surface area contributed by atoms with Gasteiger partial charge in [0.25, 0.3) is 0 Å². The predicted molar refractivity (Wildman–Crippen MR) is 56.6 cm³/mol. The van der Waals surface area contributed by atoms with Crippen molar-refractivity contribution in [1.29, 1.82) is 0 Å². The lowest BCUT2D eigenvalue weighted by atomic mass is 10.1. The molecule has 1 atom stereocenters. The summed E-state index contributed by atoms with van der Waals surface area (Å²) in [6.07, 6.45) is 1.18. The fourth-order valence-corrected chi connectivity index (χ4v) is 1.44. The zero-order chi connectivity index (χ0) is 11.4. The maximum atomic E-state index is 10.6. The van der Waals surface area contributed by atoms with Gasteiger partial charge in [0.05, 0.1) is 5.69 Å². The van der Waals surface area contributed by atoms with Crippen molar-refractivity contribution >= 4 is 5.97 Å². The number of rotatable bonds is 5. The Morgan fingerprint density at radius 3 is 2.80 bits per heavy atom. The Balaban J connectivity index is 2.83. The molecule has 1 aromatic heterocycles. The highest BCUT2D eigenvalue weighted by Crippen LogP contribution is 2.07. The van der Waals surface area contributed by atoms with E-state index in [2.05, 4.69) is 5.10 Å². The molecule has 0 radical (unpaired) electrons. The van der Waals surface area contributed by atoms with E-state index in [0.717, 1.165) is 24.4 Å². The lowest BCUT2D eigenvalue weighted by Crippen LogP contribution is -2.33. The Labute approximate surface area is 88.9 Å². The van der Waals surface area contributed by atoms with Gasteiger partial charge in [-0.25, -0.2) is 0 Å². The first-order chi connectivity index (χ1) is 7.08. The second kappa shape index (κ2) is 4.93. The third-order valence-corrected chi connectivity index (χ3v) is 2.32. The van der Waals surface area contributed by atoms with Gasteiger partial charge >= 0.3 is 5.97 Å². The predicted octanol–water partition coefficient (Wildman–Crippen LogP) is 0.420. The number of nitrogens with zero attached hydrogens (tertiary/aromatic N) is 2. The summed E-state index contributed by atoms with van der Waals surface area (Å²) in [7, 11) is 0. The standard InChI is InChI=1S/C10H17N3O2/c1-3-7-5-8(13(4-2)12-7)6-9(11)10(14)15/h5,9H,3-4,6,11H2,1-2H3,(H,14,15)/t9-/m1/s1. The van der Waals surface area contributed by atoms with E-state index in [1.165, 1.54) is 0 Å². The van der Waals surface area contributed by atoms with Crippen LogP contribution in [0.2, 0.25) is 0 Å². The highest BCUT2D eigenvalue weighted by atomic mass is 16.4. The fraction of sp³-hybridized carbons (Fsp3) is 0.600. The number of carbonyl (C=O) groups is 1. The first-order valence-electron chi connectivity index (χ1n) is 5.12. The van der Waals surface area contributed by atoms with Crippen LogP contribution in [-0.4, -0.2) is 26.9 Å². The molecule has 0 aliphatic rings. The Hall–Kier alpha value is -1.36. The van der Waals surface area contributed by atoms with Crippen LogP contribution in [0.15, 0.2) is 6.07 Å². The SMILES string of the molecule is CCc1cc(C[C@@H](N)C(=O)O)n(CC)n1. The summed E-state index contributed by atoms with van der Waals surface area (Å²) in [5.74, 6) is -0.975. The van der Waals surface area contributed by atoms with Gasteiger partial charge in [-0.2, -0.15) is 5.10 Å². The molecule has 0 bridgehead atoms. The molecular formula is C10H17N3O2. The Kier molecular flexibility index (Phi) is 3.85. The smallest absolute Gasteiger partial charge is 0.320 e. The van der Waals surface area contributed by atoms with Gasteiger partial charge in [0.2, 0.25) is 0 Å². The van der Waals surface area contributed by atoms with Crippen LogP contribution in [0.4, 0.5) is 0 Å². The number of aryl methyl sites for hydroxylation is 2. The van der Waals surface area contributed by atoms with Gasteiger partial charge in [-0.3, -0.25) is 9.48 Å². The average Bonchev–Trinajstić information content (AvgIpc) is 2.60. The van der Waals surface area contributed by atoms with E-state index in [4.69, 9.17) is 10.8 Å². The zero-order valence-corrected chi connectivity index (χ0v) is 9.10. The van der Waals surface area contributed by atoms with E-state index in [0.29, 0.717) is 6.42 Å². The number of aromatic nitrogens is 2. The van der Waals surface area contributed by atoms with Gasteiger partial charge in [-0.05, 0) is 19.4 Å². The maximum absolute atomic E-state index is 10.6. The van der Waals surface area contributed by atoms with Crippen molar-refractivity contribution in [2.75, 3.05) is 0 Å². The molecule has 0 aromatic carbocycles. The quantitative estimate of drug-likeness (QED) is 0.739. The number of carboxylic acid groups (broad SMARTS) is 1. The maximum Gasteiger partial charge on any atom is 0.320 e. The van der Waals surface area contributed by atoms with Crippen molar-refractivity contribution in [3.05, 3.63) is 17.5 Å². The minimum absolute atomic E-state index is 0.330. The van der Waals surface area contributed by atoms with Crippen LogP contribution in [-0.2, 0) is 24.2 Å². The van der Waals surface area contributed by atoms with Crippen molar-refractivity contribution in [2.24, 2.45) is 5.73 Å². The van der Waals surface area contributed by atoms with Crippen molar-refractivity contribution in [3.8, 4) is 0 Å². The molecule has 3 N–H and O–H groups in total. The number of nitrogens with two attached hydrogens (primary N) is 1. The van der Waals surface area contributed by atoms with E-state index in [9.17, 15) is 4.79 Å². The van der Waals surface area contributed by atoms with E-state index < -0.39 is 12.0 Å². The lowest BCUT2D eigenvalue weighted by molar-refractivity contribution is -0.138. The molecule has 84 valence electrons. The number of hydrogen-bond acceptors (Lipinski definition) is 3. The van der Waals surface area contributed by atoms with Crippen LogP contribution >= 0.6 is 0 Å². The molecule has 0 unspecified atom stereocenters. The molecule has 0 saturated heterocycles. The molecule has 1 heterocycles. The number of hydrogen-bond donors (Lipinski definition) is 2. The second-order valence-corrected chi connectivity index (χ2v) is 3.45. The average molecular weight is 211 g/mol. The summed E-state index contributed by atoms with van der Waals surface area (Å²) in [5, 5.41) is 13.0. The van der Waals surface area contributed by atoms with Gasteiger partial charge in [-0.1, -0.05) is 6.92 Å². The van der Waals surface area contributed by atoms with Gasteiger partial charge in [0, 0.05) is 18.7 Å². The first kappa shape index (κ1) is 11.7. The topological polar surface area (TPSA) is 81.1 Å². The van der Waals surface area contributed by atoms with Gasteiger partial charge in [0.1, 0.15) is 6.04 Å². The Morgan fingerprint density at radius 2 is 2.33 bits per heavy atom. The monoisotopic (exact) mass is 211 g/mol. The Morgan fingerprint density at radius 1 is 1.67 bits per heavy atom. The Bertz CT molecular complexity index is 346. The van der Waals surface area contributed by atoms with E-state index in [-0.39, 0.29) is 0 Å². The first-order valence-corrected chi connectivity index (χ1v) is 5.12. The molecule has 5 nitrogen and oxygen atoms in total. The molecule has 1 aromatic rings. The number of aliphatic carboxylic acids is 1. The summed E-state index contributed by atoms with van der Waals surface area (Å²) in [5.41, 5.74) is 7.35. The van der Waals surface area contributed by atoms with Crippen molar-refractivity contribution in [2.45, 2.75) is 39.3 Å². The third-order valence-electron chi connectivity index (χ3n) is 2.32. The van der Waals surface area contributed by atoms with Crippen LogP contribution in [0.5, 0.6) is 0 Å². The lowest BCUT2D eigenvalue weighted by Gasteiger charge is -2.07. The normalized spacial score (nSPS) is 12.7. The molecule has 0 aliphatic carbocycles. The number of carboxylic acids is 1. The molecule has 0 saturated carbocycles. The summed E-state index contributed by atoms with van der Waals surface area (Å²) >= 11 is 0. The fourth-order valence-electron chi connectivity index (χ4n) is 1.44. The molecule has 0 spiro atoms. The van der Waals surface area contributed by atoms with Crippen LogP contribution in [0.1, 0.15) is 25.2 Å². The highest BCUT2D eigenvalue weighted by Gasteiger charge is 2.15. The zero-order valence-electron chi connectivity index (χ0n) is 9.10. The molecule has 0 aliphatic heterocycles. The summed E-state index contributed by atoms with van der Waals surface area (Å²) in [6.45, 7) is 4.73. The second-order valence-electron chi connectivity index (χ2n) is 3.45. The minimum Gasteiger partial charge on any atom is -0.480 e. The molecule has 0 fully saturated rings. The van der Waals surface area contributed by atoms with E-state index in [1.54, 1.807) is 0 Å². The molecule has 1 rings (SSSR count). The largest absolute Gasteiger partial charge is 0.480 e. The van der Waals surface area contributed by atoms with E-state index in [1.807, 2.05) is 24.6 Å². The highest BCUT2D eigenvalue weighted by molar-refractivity contribution is 5.73. The van der Waals surface area contributed by atoms with Crippen molar-refractivity contribution in [3.63, 3.8) is 0 Å². The molecule has 0 amide bonds. The van der Waals surface area contributed by atoms with Crippen LogP contribution in [0.3, 0.4) is 0 Å². The van der Waals surface area contributed by atoms with Crippen LogP contribution < -0.4 is 5.73 Å². The molecule has 15 heavy (non-hydrogen) atoms. The molecule has 5 heteroatoms. The third kappa shape index (κ3) is 2.79. The summed E-state index contributed by atoms with van der Waals surface area (Å²) in [4.78, 5) is 10.6. The van der Waals surface area contributed by atoms with Gasteiger partial charge in [0.15, 0.2) is 0 Å². The summed E-state index contributed by atoms with van der Waals surface area (Å²) in [6, 6.07) is 1.07. The van der Waals surface area contributed by atoms with Crippen molar-refractivity contribution < 1.29 is 9.90 Å². The molecular weight excluding hydrogens is 194 g/mol. The van der Waals surface area contributed by atoms with Crippen LogP contribution in [0, 0.1) is 0 Å². The van der Waals surface area contributed by atoms with Gasteiger partial charge < -0.3 is 10.8 Å². The summed E-state index contributed by atoms with van der Waals surface area (Å²) < 4.78 is 1.81. The van der Waals surface area contributed by atoms with Gasteiger partial charge in [-0.15, -0.1) is 0 Å².